The van der Waals surface area contributed by atoms with Crippen LogP contribution in [0.4, 0.5) is 0 Å². The molecule has 13 heavy (non-hydrogen) atoms. The predicted molar refractivity (Wildman–Crippen MR) is 57.6 cm³/mol. The first-order valence-corrected chi connectivity index (χ1v) is 5.32. The zero-order chi connectivity index (χ0) is 9.52. The van der Waals surface area contributed by atoms with Crippen LogP contribution in [0.2, 0.25) is 0 Å². The van der Waals surface area contributed by atoms with E-state index in [-0.39, 0.29) is 0 Å². The lowest BCUT2D eigenvalue weighted by Crippen LogP contribution is -2.13. The first-order chi connectivity index (χ1) is 6.29. The molecule has 0 N–H and O–H groups in total. The van der Waals surface area contributed by atoms with Crippen molar-refractivity contribution in [3.8, 4) is 0 Å². The average Bonchev–Trinajstić information content (AvgIpc) is 2.55. The summed E-state index contributed by atoms with van der Waals surface area (Å²) in [4.78, 5) is 2.19. The third-order valence-corrected chi connectivity index (χ3v) is 2.45. The lowest BCUT2D eigenvalue weighted by atomic mass is 10.3. The fraction of sp³-hybridized carbons (Fsp3) is 0.556. The zero-order valence-electron chi connectivity index (χ0n) is 8.18. The van der Waals surface area contributed by atoms with Gasteiger partial charge in [0.1, 0.15) is 0 Å². The smallest absolute Gasteiger partial charge is 0.0500 e. The van der Waals surface area contributed by atoms with Crippen molar-refractivity contribution in [3.63, 3.8) is 0 Å². The molecule has 0 bridgehead atoms. The van der Waals surface area contributed by atoms with Crippen molar-refractivity contribution in [1.82, 2.24) is 14.1 Å². The molecule has 0 aromatic carbocycles. The van der Waals surface area contributed by atoms with Crippen molar-refractivity contribution in [2.45, 2.75) is 6.42 Å². The number of unbranched alkanes of at least 4 members (excludes halogenated alkanes) is 1. The molecule has 1 aromatic rings. The highest BCUT2D eigenvalue weighted by molar-refractivity contribution is 7.97. The van der Waals surface area contributed by atoms with E-state index in [1.165, 1.54) is 0 Å². The fourth-order valence-corrected chi connectivity index (χ4v) is 1.60. The van der Waals surface area contributed by atoms with Crippen molar-refractivity contribution in [2.75, 3.05) is 26.4 Å². The molecule has 0 saturated heterocycles. The molecule has 0 spiro atoms. The summed E-state index contributed by atoms with van der Waals surface area (Å²) in [5.74, 6) is 1.02. The molecule has 4 heteroatoms. The van der Waals surface area contributed by atoms with Crippen molar-refractivity contribution < 1.29 is 0 Å². The van der Waals surface area contributed by atoms with Gasteiger partial charge in [-0.25, -0.2) is 4.09 Å². The Morgan fingerprint density at radius 1 is 1.54 bits per heavy atom. The second-order valence-electron chi connectivity index (χ2n) is 3.08. The van der Waals surface area contributed by atoms with Crippen LogP contribution in [0.1, 0.15) is 6.42 Å². The predicted octanol–water partition coefficient (Wildman–Crippen LogP) is 1.54. The molecular weight excluding hydrogens is 182 g/mol. The molecular formula is C9H16N3S. The zero-order valence-corrected chi connectivity index (χ0v) is 9.00. The summed E-state index contributed by atoms with van der Waals surface area (Å²) in [5.41, 5.74) is 0. The van der Waals surface area contributed by atoms with Gasteiger partial charge < -0.3 is 4.90 Å². The Kier molecular flexibility index (Phi) is 4.93. The first-order valence-electron chi connectivity index (χ1n) is 4.38. The number of hydrogen-bond acceptors (Lipinski definition) is 3. The highest BCUT2D eigenvalue weighted by atomic mass is 32.2. The molecule has 1 heterocycles. The highest BCUT2D eigenvalue weighted by Gasteiger charge is 1.93. The maximum atomic E-state index is 4.10. The largest absolute Gasteiger partial charge is 0.309 e. The molecule has 0 atom stereocenters. The molecule has 1 rings (SSSR count). The Hall–Kier alpha value is -0.480. The summed E-state index contributed by atoms with van der Waals surface area (Å²) in [6.45, 7) is 1.12. The molecule has 0 unspecified atom stereocenters. The van der Waals surface area contributed by atoms with Crippen LogP contribution in [-0.4, -0.2) is 40.5 Å². The van der Waals surface area contributed by atoms with Crippen LogP contribution in [0.5, 0.6) is 0 Å². The minimum atomic E-state index is 1.02. The summed E-state index contributed by atoms with van der Waals surface area (Å²) in [6.07, 6.45) is 7.19. The second-order valence-corrected chi connectivity index (χ2v) is 4.05. The monoisotopic (exact) mass is 198 g/mol. The van der Waals surface area contributed by atoms with Crippen LogP contribution < -0.4 is 0 Å². The van der Waals surface area contributed by atoms with E-state index >= 15 is 0 Å². The summed E-state index contributed by atoms with van der Waals surface area (Å²) >= 11 is 1.71. The summed E-state index contributed by atoms with van der Waals surface area (Å²) in [7, 11) is 4.18. The average molecular weight is 198 g/mol. The van der Waals surface area contributed by atoms with Gasteiger partial charge in [-0.2, -0.15) is 5.10 Å². The van der Waals surface area contributed by atoms with Gasteiger partial charge >= 0.3 is 0 Å². The Morgan fingerprint density at radius 2 is 2.38 bits per heavy atom. The SMILES string of the molecule is CN(C)CC[CH]CSn1cccn1. The second kappa shape index (κ2) is 6.05. The Bertz CT molecular complexity index is 209. The third-order valence-electron chi connectivity index (χ3n) is 1.59. The number of nitrogens with zero attached hydrogens (tertiary/aromatic N) is 3. The lowest BCUT2D eigenvalue weighted by Gasteiger charge is -2.07. The van der Waals surface area contributed by atoms with Crippen LogP contribution in [0.15, 0.2) is 18.5 Å². The minimum absolute atomic E-state index is 1.02. The van der Waals surface area contributed by atoms with E-state index < -0.39 is 0 Å². The molecule has 1 aromatic heterocycles. The van der Waals surface area contributed by atoms with Gasteiger partial charge in [0.05, 0.1) is 0 Å². The van der Waals surface area contributed by atoms with Crippen LogP contribution in [0.25, 0.3) is 0 Å². The number of aromatic nitrogens is 2. The first kappa shape index (κ1) is 10.6. The van der Waals surface area contributed by atoms with Gasteiger partial charge in [0.2, 0.25) is 0 Å². The van der Waals surface area contributed by atoms with Crippen LogP contribution in [0.3, 0.4) is 0 Å². The Labute approximate surface area is 84.2 Å². The normalized spacial score (nSPS) is 11.0. The van der Waals surface area contributed by atoms with Crippen molar-refractivity contribution >= 4 is 11.9 Å². The number of rotatable bonds is 6. The minimum Gasteiger partial charge on any atom is -0.309 e. The molecule has 0 fully saturated rings. The van der Waals surface area contributed by atoms with Crippen LogP contribution in [-0.2, 0) is 0 Å². The molecule has 3 nitrogen and oxygen atoms in total. The summed E-state index contributed by atoms with van der Waals surface area (Å²) < 4.78 is 1.88. The topological polar surface area (TPSA) is 21.1 Å². The van der Waals surface area contributed by atoms with E-state index in [4.69, 9.17) is 0 Å². The van der Waals surface area contributed by atoms with Crippen molar-refractivity contribution in [1.29, 1.82) is 0 Å². The molecule has 73 valence electrons. The number of hydrogen-bond donors (Lipinski definition) is 0. The van der Waals surface area contributed by atoms with Crippen LogP contribution >= 0.6 is 11.9 Å². The van der Waals surface area contributed by atoms with Gasteiger partial charge in [0.15, 0.2) is 0 Å². The van der Waals surface area contributed by atoms with Gasteiger partial charge in [-0.3, -0.25) is 0 Å². The molecule has 0 aliphatic rings. The van der Waals surface area contributed by atoms with E-state index in [0.717, 1.165) is 18.7 Å². The van der Waals surface area contributed by atoms with Gasteiger partial charge in [-0.15, -0.1) is 0 Å². The van der Waals surface area contributed by atoms with Crippen LogP contribution in [0, 0.1) is 6.42 Å². The van der Waals surface area contributed by atoms with E-state index in [2.05, 4.69) is 30.5 Å². The molecule has 0 saturated carbocycles. The van der Waals surface area contributed by atoms with E-state index in [1.807, 2.05) is 16.4 Å². The summed E-state index contributed by atoms with van der Waals surface area (Å²) in [6, 6.07) is 1.94. The molecule has 1 radical (unpaired) electrons. The Morgan fingerprint density at radius 3 is 3.00 bits per heavy atom. The van der Waals surface area contributed by atoms with Crippen molar-refractivity contribution in [3.05, 3.63) is 24.9 Å². The van der Waals surface area contributed by atoms with E-state index in [0.29, 0.717) is 0 Å². The van der Waals surface area contributed by atoms with E-state index in [1.54, 1.807) is 18.1 Å². The van der Waals surface area contributed by atoms with E-state index in [9.17, 15) is 0 Å². The quantitative estimate of drug-likeness (QED) is 0.647. The summed E-state index contributed by atoms with van der Waals surface area (Å²) in [5, 5.41) is 4.10. The van der Waals surface area contributed by atoms with Gasteiger partial charge in [0, 0.05) is 18.1 Å². The van der Waals surface area contributed by atoms with Gasteiger partial charge in [-0.1, -0.05) is 0 Å². The van der Waals surface area contributed by atoms with Gasteiger partial charge in [-0.05, 0) is 51.5 Å². The molecule has 0 aliphatic carbocycles. The third kappa shape index (κ3) is 4.95. The van der Waals surface area contributed by atoms with Crippen molar-refractivity contribution in [2.24, 2.45) is 0 Å². The fourth-order valence-electron chi connectivity index (χ4n) is 0.893. The Balaban J connectivity index is 1.96. The van der Waals surface area contributed by atoms with Gasteiger partial charge in [0.25, 0.3) is 0 Å². The molecule has 0 amide bonds. The highest BCUT2D eigenvalue weighted by Crippen LogP contribution is 2.05. The molecule has 0 aliphatic heterocycles. The maximum Gasteiger partial charge on any atom is 0.0500 e. The maximum absolute atomic E-state index is 4.10. The lowest BCUT2D eigenvalue weighted by molar-refractivity contribution is 0.412. The standard InChI is InChI=1S/C9H16N3S/c1-11(2)7-3-4-9-13-12-8-5-6-10-12/h4-6,8H,3,7,9H2,1-2H3.